The van der Waals surface area contributed by atoms with Gasteiger partial charge in [0, 0.05) is 6.04 Å². The van der Waals surface area contributed by atoms with Crippen molar-refractivity contribution in [3.8, 4) is 0 Å². The van der Waals surface area contributed by atoms with Gasteiger partial charge in [-0.2, -0.15) is 13.2 Å². The van der Waals surface area contributed by atoms with Crippen LogP contribution in [0.15, 0.2) is 30.3 Å². The standard InChI is InChI=1S/C14H18F3NO2/c1-20-13(19)11(12(18)9-14(15,16)17)8-7-10-5-3-2-4-6-10/h2-6,11-12H,7-9,18H2,1H3. The summed E-state index contributed by atoms with van der Waals surface area (Å²) in [6.45, 7) is 0. The van der Waals surface area contributed by atoms with Crippen molar-refractivity contribution >= 4 is 5.97 Å². The van der Waals surface area contributed by atoms with Crippen LogP contribution in [0.4, 0.5) is 13.2 Å². The number of hydrogen-bond acceptors (Lipinski definition) is 3. The van der Waals surface area contributed by atoms with Gasteiger partial charge >= 0.3 is 12.1 Å². The van der Waals surface area contributed by atoms with E-state index in [4.69, 9.17) is 5.73 Å². The average Bonchev–Trinajstić information content (AvgIpc) is 2.37. The Balaban J connectivity index is 2.67. The Morgan fingerprint density at radius 1 is 1.30 bits per heavy atom. The number of esters is 1. The number of halogens is 3. The van der Waals surface area contributed by atoms with Crippen LogP contribution in [0.5, 0.6) is 0 Å². The molecular formula is C14H18F3NO2. The normalized spacial score (nSPS) is 14.7. The van der Waals surface area contributed by atoms with Crippen LogP contribution in [0.2, 0.25) is 0 Å². The molecule has 1 rings (SSSR count). The first kappa shape index (κ1) is 16.5. The summed E-state index contributed by atoms with van der Waals surface area (Å²) in [4.78, 5) is 11.6. The molecule has 6 heteroatoms. The molecular weight excluding hydrogens is 271 g/mol. The highest BCUT2D eigenvalue weighted by Gasteiger charge is 2.36. The van der Waals surface area contributed by atoms with Gasteiger partial charge in [-0.25, -0.2) is 0 Å². The van der Waals surface area contributed by atoms with Gasteiger partial charge in [0.2, 0.25) is 0 Å². The third kappa shape index (κ3) is 5.61. The number of benzene rings is 1. The molecule has 0 spiro atoms. The minimum absolute atomic E-state index is 0.230. The molecule has 0 aromatic heterocycles. The van der Waals surface area contributed by atoms with Crippen molar-refractivity contribution in [2.45, 2.75) is 31.5 Å². The topological polar surface area (TPSA) is 52.3 Å². The zero-order chi connectivity index (χ0) is 15.2. The number of carbonyl (C=O) groups is 1. The van der Waals surface area contributed by atoms with E-state index in [1.165, 1.54) is 0 Å². The van der Waals surface area contributed by atoms with E-state index < -0.39 is 30.5 Å². The quantitative estimate of drug-likeness (QED) is 0.819. The van der Waals surface area contributed by atoms with Crippen LogP contribution < -0.4 is 5.73 Å². The molecule has 0 amide bonds. The van der Waals surface area contributed by atoms with Crippen LogP contribution in [-0.4, -0.2) is 25.3 Å². The van der Waals surface area contributed by atoms with Gasteiger partial charge < -0.3 is 10.5 Å². The Morgan fingerprint density at radius 3 is 2.40 bits per heavy atom. The van der Waals surface area contributed by atoms with E-state index in [-0.39, 0.29) is 6.42 Å². The number of hydrogen-bond donors (Lipinski definition) is 1. The summed E-state index contributed by atoms with van der Waals surface area (Å²) in [5.41, 5.74) is 6.47. The zero-order valence-corrected chi connectivity index (χ0v) is 11.2. The zero-order valence-electron chi connectivity index (χ0n) is 11.2. The molecule has 1 aromatic carbocycles. The lowest BCUT2D eigenvalue weighted by Crippen LogP contribution is -2.40. The molecule has 0 aliphatic rings. The van der Waals surface area contributed by atoms with E-state index in [0.717, 1.165) is 12.7 Å². The molecule has 0 bridgehead atoms. The fraction of sp³-hybridized carbons (Fsp3) is 0.500. The van der Waals surface area contributed by atoms with Gasteiger partial charge in [-0.1, -0.05) is 30.3 Å². The maximum absolute atomic E-state index is 12.4. The summed E-state index contributed by atoms with van der Waals surface area (Å²) in [6, 6.07) is 7.92. The molecule has 0 radical (unpaired) electrons. The van der Waals surface area contributed by atoms with E-state index in [1.54, 1.807) is 0 Å². The lowest BCUT2D eigenvalue weighted by Gasteiger charge is -2.22. The number of nitrogens with two attached hydrogens (primary N) is 1. The molecule has 0 saturated carbocycles. The van der Waals surface area contributed by atoms with Gasteiger partial charge in [0.25, 0.3) is 0 Å². The molecule has 112 valence electrons. The number of ether oxygens (including phenoxy) is 1. The fourth-order valence-corrected chi connectivity index (χ4v) is 2.03. The molecule has 0 saturated heterocycles. The highest BCUT2D eigenvalue weighted by atomic mass is 19.4. The van der Waals surface area contributed by atoms with Crippen LogP contribution in [0.3, 0.4) is 0 Å². The van der Waals surface area contributed by atoms with Crippen molar-refractivity contribution in [3.05, 3.63) is 35.9 Å². The van der Waals surface area contributed by atoms with Gasteiger partial charge in [-0.15, -0.1) is 0 Å². The molecule has 0 aliphatic heterocycles. The third-order valence-corrected chi connectivity index (χ3v) is 3.07. The predicted molar refractivity (Wildman–Crippen MR) is 68.9 cm³/mol. The van der Waals surface area contributed by atoms with E-state index in [1.807, 2.05) is 30.3 Å². The summed E-state index contributed by atoms with van der Waals surface area (Å²) in [5, 5.41) is 0. The van der Waals surface area contributed by atoms with E-state index in [9.17, 15) is 18.0 Å². The van der Waals surface area contributed by atoms with Gasteiger partial charge in [0.05, 0.1) is 19.4 Å². The van der Waals surface area contributed by atoms with Gasteiger partial charge in [-0.3, -0.25) is 4.79 Å². The Morgan fingerprint density at radius 2 is 1.90 bits per heavy atom. The molecule has 2 N–H and O–H groups in total. The van der Waals surface area contributed by atoms with Crippen molar-refractivity contribution in [1.29, 1.82) is 0 Å². The molecule has 0 fully saturated rings. The maximum atomic E-state index is 12.4. The van der Waals surface area contributed by atoms with Crippen LogP contribution >= 0.6 is 0 Å². The highest BCUT2D eigenvalue weighted by molar-refractivity contribution is 5.73. The first-order valence-electron chi connectivity index (χ1n) is 6.27. The number of carbonyl (C=O) groups excluding carboxylic acids is 1. The van der Waals surface area contributed by atoms with Crippen LogP contribution in [-0.2, 0) is 16.0 Å². The summed E-state index contributed by atoms with van der Waals surface area (Å²) < 4.78 is 41.6. The van der Waals surface area contributed by atoms with Crippen LogP contribution in [0.25, 0.3) is 0 Å². The van der Waals surface area contributed by atoms with Crippen molar-refractivity contribution in [2.24, 2.45) is 11.7 Å². The number of aryl methyl sites for hydroxylation is 1. The first-order chi connectivity index (χ1) is 9.33. The molecule has 2 atom stereocenters. The lowest BCUT2D eigenvalue weighted by atomic mass is 9.91. The van der Waals surface area contributed by atoms with E-state index in [2.05, 4.69) is 4.74 Å². The minimum Gasteiger partial charge on any atom is -0.469 e. The summed E-state index contributed by atoms with van der Waals surface area (Å²) >= 11 is 0. The first-order valence-corrected chi connectivity index (χ1v) is 6.27. The second kappa shape index (κ2) is 7.28. The maximum Gasteiger partial charge on any atom is 0.390 e. The third-order valence-electron chi connectivity index (χ3n) is 3.07. The molecule has 1 aromatic rings. The fourth-order valence-electron chi connectivity index (χ4n) is 2.03. The predicted octanol–water partition coefficient (Wildman–Crippen LogP) is 2.69. The molecule has 0 heterocycles. The van der Waals surface area contributed by atoms with Gasteiger partial charge in [0.15, 0.2) is 0 Å². The molecule has 20 heavy (non-hydrogen) atoms. The average molecular weight is 289 g/mol. The van der Waals surface area contributed by atoms with Gasteiger partial charge in [0.1, 0.15) is 0 Å². The minimum atomic E-state index is -4.39. The Bertz CT molecular complexity index is 420. The van der Waals surface area contributed by atoms with Crippen molar-refractivity contribution in [1.82, 2.24) is 0 Å². The van der Waals surface area contributed by atoms with E-state index >= 15 is 0 Å². The number of rotatable bonds is 6. The van der Waals surface area contributed by atoms with Crippen molar-refractivity contribution in [2.75, 3.05) is 7.11 Å². The summed E-state index contributed by atoms with van der Waals surface area (Å²) in [5.74, 6) is -1.65. The Hall–Kier alpha value is -1.56. The van der Waals surface area contributed by atoms with E-state index in [0.29, 0.717) is 6.42 Å². The summed E-state index contributed by atoms with van der Waals surface area (Å²) in [7, 11) is 1.15. The summed E-state index contributed by atoms with van der Waals surface area (Å²) in [6.07, 6.45) is -4.87. The lowest BCUT2D eigenvalue weighted by molar-refractivity contribution is -0.154. The number of methoxy groups -OCH3 is 1. The molecule has 3 nitrogen and oxygen atoms in total. The van der Waals surface area contributed by atoms with Crippen LogP contribution in [0.1, 0.15) is 18.4 Å². The van der Waals surface area contributed by atoms with Crippen molar-refractivity contribution < 1.29 is 22.7 Å². The number of alkyl halides is 3. The van der Waals surface area contributed by atoms with Crippen LogP contribution in [0, 0.1) is 5.92 Å². The monoisotopic (exact) mass is 289 g/mol. The Kier molecular flexibility index (Phi) is 6.01. The Labute approximate surface area is 115 Å². The van der Waals surface area contributed by atoms with Crippen molar-refractivity contribution in [3.63, 3.8) is 0 Å². The molecule has 0 aliphatic carbocycles. The second-order valence-corrected chi connectivity index (χ2v) is 4.64. The largest absolute Gasteiger partial charge is 0.469 e. The second-order valence-electron chi connectivity index (χ2n) is 4.64. The SMILES string of the molecule is COC(=O)C(CCc1ccccc1)C(N)CC(F)(F)F. The molecule has 2 unspecified atom stereocenters. The smallest absolute Gasteiger partial charge is 0.390 e. The highest BCUT2D eigenvalue weighted by Crippen LogP contribution is 2.26. The van der Waals surface area contributed by atoms with Gasteiger partial charge in [-0.05, 0) is 18.4 Å².